The summed E-state index contributed by atoms with van der Waals surface area (Å²) in [5.41, 5.74) is 18.5. The lowest BCUT2D eigenvalue weighted by atomic mass is 9.67. The van der Waals surface area contributed by atoms with E-state index in [9.17, 15) is 0 Å². The quantitative estimate of drug-likeness (QED) is 0.155. The molecule has 0 spiro atoms. The molecule has 13 aromatic rings. The Morgan fingerprint density at radius 2 is 0.648 bits per heavy atom. The third-order valence-corrected chi connectivity index (χ3v) is 15.9. The lowest BCUT2D eigenvalue weighted by Crippen LogP contribution is -2.28. The molecule has 0 atom stereocenters. The highest BCUT2D eigenvalue weighted by atomic mass is 16.3. The van der Waals surface area contributed by atoms with Crippen molar-refractivity contribution in [3.63, 3.8) is 0 Å². The molecule has 0 bridgehead atoms. The van der Waals surface area contributed by atoms with E-state index in [2.05, 4.69) is 256 Å². The van der Waals surface area contributed by atoms with Crippen molar-refractivity contribution in [3.8, 4) is 44.9 Å². The third kappa shape index (κ3) is 5.37. The van der Waals surface area contributed by atoms with E-state index in [1.807, 2.05) is 0 Å². The molecule has 0 aliphatic heterocycles. The Balaban J connectivity index is 1.01. The predicted octanol–water partition coefficient (Wildman–Crippen LogP) is 17.9. The first kappa shape index (κ1) is 40.0. The summed E-state index contributed by atoms with van der Waals surface area (Å²) in [5, 5.41) is 7.13. The fourth-order valence-corrected chi connectivity index (χ4v) is 13.1. The number of hydrogen-bond donors (Lipinski definition) is 0. The minimum absolute atomic E-state index is 0.634. The molecule has 0 radical (unpaired) electrons. The van der Waals surface area contributed by atoms with Crippen LogP contribution in [0.4, 0.5) is 0 Å². The van der Waals surface area contributed by atoms with E-state index in [-0.39, 0.29) is 0 Å². The number of fused-ring (bicyclic) bond motifs is 12. The Kier molecular flexibility index (Phi) is 8.45. The molecular formula is C69H44O2. The molecule has 2 nitrogen and oxygen atoms in total. The lowest BCUT2D eigenvalue weighted by Gasteiger charge is -2.34. The van der Waals surface area contributed by atoms with Gasteiger partial charge in [-0.15, -0.1) is 0 Å². The van der Waals surface area contributed by atoms with Gasteiger partial charge in [-0.2, -0.15) is 0 Å². The van der Waals surface area contributed by atoms with E-state index >= 15 is 0 Å². The maximum atomic E-state index is 6.94. The topological polar surface area (TPSA) is 26.3 Å². The van der Waals surface area contributed by atoms with Crippen LogP contribution in [0.2, 0.25) is 0 Å². The van der Waals surface area contributed by atoms with Crippen LogP contribution in [-0.2, 0) is 10.8 Å². The predicted molar refractivity (Wildman–Crippen MR) is 291 cm³/mol. The van der Waals surface area contributed by atoms with Crippen molar-refractivity contribution < 1.29 is 8.83 Å². The van der Waals surface area contributed by atoms with Crippen molar-refractivity contribution in [2.24, 2.45) is 0 Å². The molecule has 15 rings (SSSR count). The van der Waals surface area contributed by atoms with Crippen molar-refractivity contribution in [3.05, 3.63) is 299 Å². The summed E-state index contributed by atoms with van der Waals surface area (Å²) in [6.07, 6.45) is 0. The van der Waals surface area contributed by atoms with Crippen LogP contribution in [0.1, 0.15) is 50.1 Å². The van der Waals surface area contributed by atoms with Gasteiger partial charge in [0.1, 0.15) is 22.7 Å². The Labute approximate surface area is 411 Å². The molecular weight excluding hydrogens is 861 g/mol. The summed E-state index contributed by atoms with van der Waals surface area (Å²) in [7, 11) is 0. The standard InChI is InChI=1S/C69H44O2/c1-43-34-37-52-57(40-43)63(45-36-39-54-59(42-45)69(48-24-10-4-11-25-48,49-26-12-5-13-27-49)65-56-31-17-19-33-61(56)71-67(54)65)51-29-15-14-28-50(51)62(52)44-35-38-53-58(41-44)68(46-20-6-2-7-21-46,47-22-8-3-9-23-47)64-55-30-16-18-32-60(55)70-66(53)64/h2-42H,1H3. The van der Waals surface area contributed by atoms with Crippen LogP contribution in [-0.4, -0.2) is 0 Å². The summed E-state index contributed by atoms with van der Waals surface area (Å²) >= 11 is 0. The van der Waals surface area contributed by atoms with E-state index in [1.165, 1.54) is 93.9 Å². The molecule has 0 amide bonds. The SMILES string of the molecule is Cc1ccc2c(-c3ccc4c(c3)C(c3ccccc3)(c3ccccc3)c3c-4oc4ccccc34)c3ccccc3c(-c3ccc4c(c3)C(c3ccccc3)(c3ccccc3)c3c-4oc4ccccc34)c2c1. The highest BCUT2D eigenvalue weighted by Gasteiger charge is 2.51. The molecule has 0 fully saturated rings. The van der Waals surface area contributed by atoms with E-state index in [0.29, 0.717) is 0 Å². The largest absolute Gasteiger partial charge is 0.456 e. The first-order valence-electron chi connectivity index (χ1n) is 24.7. The van der Waals surface area contributed by atoms with E-state index in [0.717, 1.165) is 44.6 Å². The molecule has 71 heavy (non-hydrogen) atoms. The zero-order chi connectivity index (χ0) is 46.8. The molecule has 11 aromatic carbocycles. The van der Waals surface area contributed by atoms with Crippen molar-refractivity contribution in [2.45, 2.75) is 17.8 Å². The van der Waals surface area contributed by atoms with Crippen molar-refractivity contribution in [1.82, 2.24) is 0 Å². The van der Waals surface area contributed by atoms with Gasteiger partial charge in [0.25, 0.3) is 0 Å². The third-order valence-electron chi connectivity index (χ3n) is 15.9. The molecule has 2 aromatic heterocycles. The molecule has 2 heteroatoms. The Hall–Kier alpha value is -8.98. The van der Waals surface area contributed by atoms with Gasteiger partial charge in [-0.05, 0) is 108 Å². The first-order chi connectivity index (χ1) is 35.1. The monoisotopic (exact) mass is 904 g/mol. The van der Waals surface area contributed by atoms with Gasteiger partial charge < -0.3 is 8.83 Å². The van der Waals surface area contributed by atoms with Crippen molar-refractivity contribution in [2.75, 3.05) is 0 Å². The highest BCUT2D eigenvalue weighted by Crippen LogP contribution is 2.62. The summed E-state index contributed by atoms with van der Waals surface area (Å²) in [6, 6.07) is 91.6. The minimum atomic E-state index is -0.635. The summed E-state index contributed by atoms with van der Waals surface area (Å²) in [4.78, 5) is 0. The number of rotatable bonds is 6. The van der Waals surface area contributed by atoms with Crippen LogP contribution >= 0.6 is 0 Å². The number of hydrogen-bond acceptors (Lipinski definition) is 2. The van der Waals surface area contributed by atoms with Gasteiger partial charge in [-0.1, -0.05) is 230 Å². The van der Waals surface area contributed by atoms with E-state index in [1.54, 1.807) is 0 Å². The average Bonchev–Trinajstić information content (AvgIpc) is 4.17. The van der Waals surface area contributed by atoms with E-state index in [4.69, 9.17) is 8.83 Å². The van der Waals surface area contributed by atoms with Gasteiger partial charge >= 0.3 is 0 Å². The number of aryl methyl sites for hydroxylation is 1. The van der Waals surface area contributed by atoms with Crippen molar-refractivity contribution >= 4 is 43.5 Å². The first-order valence-corrected chi connectivity index (χ1v) is 24.7. The average molecular weight is 905 g/mol. The fraction of sp³-hybridized carbons (Fsp3) is 0.0435. The second-order valence-corrected chi connectivity index (χ2v) is 19.4. The van der Waals surface area contributed by atoms with Gasteiger partial charge in [-0.25, -0.2) is 0 Å². The van der Waals surface area contributed by atoms with Crippen LogP contribution in [0.15, 0.2) is 258 Å². The van der Waals surface area contributed by atoms with Crippen LogP contribution in [0.25, 0.3) is 88.4 Å². The minimum Gasteiger partial charge on any atom is -0.456 e. The highest BCUT2D eigenvalue weighted by molar-refractivity contribution is 6.22. The second-order valence-electron chi connectivity index (χ2n) is 19.4. The van der Waals surface area contributed by atoms with Crippen molar-refractivity contribution in [1.29, 1.82) is 0 Å². The summed E-state index contributed by atoms with van der Waals surface area (Å²) < 4.78 is 13.9. The van der Waals surface area contributed by atoms with Gasteiger partial charge in [0.15, 0.2) is 0 Å². The van der Waals surface area contributed by atoms with Gasteiger partial charge in [0, 0.05) is 33.0 Å². The fourth-order valence-electron chi connectivity index (χ4n) is 13.1. The maximum Gasteiger partial charge on any atom is 0.140 e. The molecule has 0 unspecified atom stereocenters. The van der Waals surface area contributed by atoms with Crippen LogP contribution in [0.5, 0.6) is 0 Å². The zero-order valence-electron chi connectivity index (χ0n) is 39.0. The Morgan fingerprint density at radius 1 is 0.296 bits per heavy atom. The van der Waals surface area contributed by atoms with Gasteiger partial charge in [-0.3, -0.25) is 0 Å². The summed E-state index contributed by atoms with van der Waals surface area (Å²) in [5.74, 6) is 1.88. The number of furan rings is 2. The molecule has 2 aliphatic rings. The maximum absolute atomic E-state index is 6.94. The second kappa shape index (κ2) is 15.0. The Morgan fingerprint density at radius 3 is 1.07 bits per heavy atom. The van der Waals surface area contributed by atoms with E-state index < -0.39 is 10.8 Å². The molecule has 2 heterocycles. The number of para-hydroxylation sites is 2. The van der Waals surface area contributed by atoms with Crippen LogP contribution in [0.3, 0.4) is 0 Å². The van der Waals surface area contributed by atoms with Crippen LogP contribution in [0, 0.1) is 6.92 Å². The zero-order valence-corrected chi connectivity index (χ0v) is 39.0. The smallest absolute Gasteiger partial charge is 0.140 e. The Bertz CT molecular complexity index is 4190. The molecule has 0 saturated carbocycles. The molecule has 332 valence electrons. The summed E-state index contributed by atoms with van der Waals surface area (Å²) in [6.45, 7) is 2.22. The van der Waals surface area contributed by atoms with Gasteiger partial charge in [0.2, 0.25) is 0 Å². The normalized spacial score (nSPS) is 13.9. The molecule has 2 aliphatic carbocycles. The molecule has 0 N–H and O–H groups in total. The van der Waals surface area contributed by atoms with Gasteiger partial charge in [0.05, 0.1) is 10.8 Å². The lowest BCUT2D eigenvalue weighted by molar-refractivity contribution is 0.628. The van der Waals surface area contributed by atoms with Crippen LogP contribution < -0.4 is 0 Å². The molecule has 0 saturated heterocycles. The number of benzene rings is 11.